The minimum absolute atomic E-state index is 0.0684. The second-order valence-corrected chi connectivity index (χ2v) is 6.15. The van der Waals surface area contributed by atoms with Gasteiger partial charge in [-0.1, -0.05) is 0 Å². The Morgan fingerprint density at radius 3 is 2.88 bits per heavy atom. The molecule has 0 spiro atoms. The molecule has 1 aromatic carbocycles. The summed E-state index contributed by atoms with van der Waals surface area (Å²) in [5.41, 5.74) is 3.79. The molecule has 7 nitrogen and oxygen atoms in total. The van der Waals surface area contributed by atoms with Crippen LogP contribution in [0.15, 0.2) is 30.5 Å². The van der Waals surface area contributed by atoms with Crippen molar-refractivity contribution in [1.82, 2.24) is 15.0 Å². The van der Waals surface area contributed by atoms with Gasteiger partial charge in [0.25, 0.3) is 5.91 Å². The SMILES string of the molecule is COc1ccc2c(c1)N(C)CCN2C(=O)c1cnc2nc(C)[nH]c2c1. The standard InChI is InChI=1S/C18H19N5O2/c1-11-20-14-8-12(10-19-17(14)21-11)18(24)23-7-6-22(2)16-9-13(25-3)4-5-15(16)23/h4-5,8-10H,6-7H2,1-3H3,(H,19,20,21). The fourth-order valence-electron chi connectivity index (χ4n) is 3.16. The quantitative estimate of drug-likeness (QED) is 0.777. The average molecular weight is 337 g/mol. The molecule has 0 atom stereocenters. The molecule has 0 aliphatic carbocycles. The Balaban J connectivity index is 1.73. The fraction of sp³-hybridized carbons (Fsp3) is 0.278. The number of likely N-dealkylation sites (N-methyl/N-ethyl adjacent to an activating group) is 1. The van der Waals surface area contributed by atoms with E-state index in [2.05, 4.69) is 19.9 Å². The number of fused-ring (bicyclic) bond motifs is 2. The van der Waals surface area contributed by atoms with Gasteiger partial charge in [-0.05, 0) is 25.1 Å². The molecule has 1 aliphatic rings. The molecule has 2 aromatic heterocycles. The van der Waals surface area contributed by atoms with Crippen LogP contribution in [0.4, 0.5) is 11.4 Å². The summed E-state index contributed by atoms with van der Waals surface area (Å²) in [6, 6.07) is 7.56. The van der Waals surface area contributed by atoms with E-state index in [9.17, 15) is 4.79 Å². The highest BCUT2D eigenvalue weighted by atomic mass is 16.5. The first-order chi connectivity index (χ1) is 12.1. The summed E-state index contributed by atoms with van der Waals surface area (Å²) in [7, 11) is 3.65. The number of pyridine rings is 1. The number of anilines is 2. The number of hydrogen-bond acceptors (Lipinski definition) is 5. The van der Waals surface area contributed by atoms with E-state index in [0.29, 0.717) is 17.8 Å². The maximum atomic E-state index is 13.1. The van der Waals surface area contributed by atoms with E-state index in [1.54, 1.807) is 18.2 Å². The van der Waals surface area contributed by atoms with Gasteiger partial charge in [0, 0.05) is 32.4 Å². The first kappa shape index (κ1) is 15.4. The van der Waals surface area contributed by atoms with Crippen molar-refractivity contribution in [3.63, 3.8) is 0 Å². The number of aromatic nitrogens is 3. The number of rotatable bonds is 2. The summed E-state index contributed by atoms with van der Waals surface area (Å²) < 4.78 is 5.31. The molecule has 1 amide bonds. The minimum Gasteiger partial charge on any atom is -0.497 e. The zero-order valence-corrected chi connectivity index (χ0v) is 14.4. The zero-order valence-electron chi connectivity index (χ0n) is 14.4. The number of aromatic amines is 1. The van der Waals surface area contributed by atoms with Gasteiger partial charge in [-0.3, -0.25) is 4.79 Å². The molecular weight excluding hydrogens is 318 g/mol. The molecule has 0 fully saturated rings. The topological polar surface area (TPSA) is 74.3 Å². The number of methoxy groups -OCH3 is 1. The molecule has 3 heterocycles. The molecule has 7 heteroatoms. The van der Waals surface area contributed by atoms with Crippen LogP contribution in [0.3, 0.4) is 0 Å². The van der Waals surface area contributed by atoms with Crippen LogP contribution in [0, 0.1) is 6.92 Å². The van der Waals surface area contributed by atoms with Crippen molar-refractivity contribution in [3.8, 4) is 5.75 Å². The van der Waals surface area contributed by atoms with Crippen molar-refractivity contribution >= 4 is 28.4 Å². The lowest BCUT2D eigenvalue weighted by Gasteiger charge is -2.35. The number of amides is 1. The van der Waals surface area contributed by atoms with E-state index in [-0.39, 0.29) is 5.91 Å². The Morgan fingerprint density at radius 1 is 1.24 bits per heavy atom. The molecule has 1 N–H and O–H groups in total. The van der Waals surface area contributed by atoms with Crippen molar-refractivity contribution in [3.05, 3.63) is 41.9 Å². The van der Waals surface area contributed by atoms with Crippen LogP contribution < -0.4 is 14.5 Å². The number of benzene rings is 1. The number of imidazole rings is 1. The summed E-state index contributed by atoms with van der Waals surface area (Å²) in [5.74, 6) is 1.49. The predicted molar refractivity (Wildman–Crippen MR) is 96.6 cm³/mol. The van der Waals surface area contributed by atoms with Gasteiger partial charge < -0.3 is 19.5 Å². The smallest absolute Gasteiger partial charge is 0.260 e. The normalized spacial score (nSPS) is 13.9. The Morgan fingerprint density at radius 2 is 2.08 bits per heavy atom. The summed E-state index contributed by atoms with van der Waals surface area (Å²) in [5, 5.41) is 0. The Labute approximate surface area is 145 Å². The van der Waals surface area contributed by atoms with E-state index < -0.39 is 0 Å². The van der Waals surface area contributed by atoms with Crippen molar-refractivity contribution in [2.24, 2.45) is 0 Å². The van der Waals surface area contributed by atoms with Gasteiger partial charge in [-0.25, -0.2) is 9.97 Å². The van der Waals surface area contributed by atoms with Gasteiger partial charge in [0.1, 0.15) is 11.6 Å². The molecule has 25 heavy (non-hydrogen) atoms. The first-order valence-electron chi connectivity index (χ1n) is 8.10. The van der Waals surface area contributed by atoms with Crippen LogP contribution in [0.2, 0.25) is 0 Å². The van der Waals surface area contributed by atoms with Crippen LogP contribution in [0.1, 0.15) is 16.2 Å². The molecule has 1 aliphatic heterocycles. The second kappa shape index (κ2) is 5.77. The third-order valence-corrected chi connectivity index (χ3v) is 4.49. The molecule has 0 radical (unpaired) electrons. The number of aryl methyl sites for hydroxylation is 1. The summed E-state index contributed by atoms with van der Waals surface area (Å²) in [6.45, 7) is 3.24. The largest absolute Gasteiger partial charge is 0.497 e. The van der Waals surface area contributed by atoms with Gasteiger partial charge in [0.2, 0.25) is 0 Å². The summed E-state index contributed by atoms with van der Waals surface area (Å²) >= 11 is 0. The Hall–Kier alpha value is -3.09. The molecule has 0 bridgehead atoms. The van der Waals surface area contributed by atoms with Gasteiger partial charge in [0.05, 0.1) is 29.6 Å². The molecular formula is C18H19N5O2. The highest BCUT2D eigenvalue weighted by Crippen LogP contribution is 2.36. The zero-order chi connectivity index (χ0) is 17.6. The fourth-order valence-corrected chi connectivity index (χ4v) is 3.16. The van der Waals surface area contributed by atoms with Gasteiger partial charge in [-0.2, -0.15) is 0 Å². The molecule has 4 rings (SSSR count). The molecule has 0 unspecified atom stereocenters. The predicted octanol–water partition coefficient (Wildman–Crippen LogP) is 2.37. The lowest BCUT2D eigenvalue weighted by molar-refractivity contribution is 0.0986. The first-order valence-corrected chi connectivity index (χ1v) is 8.10. The second-order valence-electron chi connectivity index (χ2n) is 6.15. The number of carbonyl (C=O) groups is 1. The summed E-state index contributed by atoms with van der Waals surface area (Å²) in [4.78, 5) is 28.7. The van der Waals surface area contributed by atoms with E-state index in [0.717, 1.165) is 35.0 Å². The Bertz CT molecular complexity index is 965. The van der Waals surface area contributed by atoms with Crippen LogP contribution in [-0.4, -0.2) is 48.1 Å². The van der Waals surface area contributed by atoms with Crippen LogP contribution >= 0.6 is 0 Å². The van der Waals surface area contributed by atoms with E-state index in [1.807, 2.05) is 38.2 Å². The lowest BCUT2D eigenvalue weighted by atomic mass is 10.1. The molecule has 0 saturated carbocycles. The number of ether oxygens (including phenoxy) is 1. The van der Waals surface area contributed by atoms with E-state index >= 15 is 0 Å². The van der Waals surface area contributed by atoms with Crippen LogP contribution in [-0.2, 0) is 0 Å². The highest BCUT2D eigenvalue weighted by molar-refractivity contribution is 6.09. The van der Waals surface area contributed by atoms with Crippen molar-refractivity contribution in [2.75, 3.05) is 37.0 Å². The maximum Gasteiger partial charge on any atom is 0.260 e. The Kier molecular flexibility index (Phi) is 3.56. The van der Waals surface area contributed by atoms with Crippen LogP contribution in [0.5, 0.6) is 5.75 Å². The monoisotopic (exact) mass is 337 g/mol. The van der Waals surface area contributed by atoms with E-state index in [4.69, 9.17) is 4.74 Å². The molecule has 0 saturated heterocycles. The number of nitrogens with one attached hydrogen (secondary N) is 1. The van der Waals surface area contributed by atoms with E-state index in [1.165, 1.54) is 0 Å². The van der Waals surface area contributed by atoms with Crippen molar-refractivity contribution in [2.45, 2.75) is 6.92 Å². The highest BCUT2D eigenvalue weighted by Gasteiger charge is 2.27. The minimum atomic E-state index is -0.0684. The van der Waals surface area contributed by atoms with Crippen molar-refractivity contribution < 1.29 is 9.53 Å². The van der Waals surface area contributed by atoms with Crippen LogP contribution in [0.25, 0.3) is 11.2 Å². The van der Waals surface area contributed by atoms with Gasteiger partial charge in [-0.15, -0.1) is 0 Å². The average Bonchev–Trinajstić information content (AvgIpc) is 3.00. The van der Waals surface area contributed by atoms with Crippen molar-refractivity contribution in [1.29, 1.82) is 0 Å². The summed E-state index contributed by atoms with van der Waals surface area (Å²) in [6.07, 6.45) is 1.59. The lowest BCUT2D eigenvalue weighted by Crippen LogP contribution is -2.42. The number of hydrogen-bond donors (Lipinski definition) is 1. The third-order valence-electron chi connectivity index (χ3n) is 4.49. The molecule has 128 valence electrons. The number of nitrogens with zero attached hydrogens (tertiary/aromatic N) is 4. The number of H-pyrrole nitrogens is 1. The molecule has 3 aromatic rings. The number of carbonyl (C=O) groups excluding carboxylic acids is 1. The maximum absolute atomic E-state index is 13.1. The third kappa shape index (κ3) is 2.57. The van der Waals surface area contributed by atoms with Gasteiger partial charge >= 0.3 is 0 Å². The van der Waals surface area contributed by atoms with Gasteiger partial charge in [0.15, 0.2) is 5.65 Å².